The average molecular weight is 471 g/mol. The number of nitrogens with zero attached hydrogens (tertiary/aromatic N) is 1. The number of hydrogen-bond donors (Lipinski definition) is 2. The zero-order chi connectivity index (χ0) is 24.0. The van der Waals surface area contributed by atoms with E-state index in [1.807, 2.05) is 0 Å². The largest absolute Gasteiger partial charge is 0.497 e. The van der Waals surface area contributed by atoms with Crippen molar-refractivity contribution in [1.29, 1.82) is 0 Å². The van der Waals surface area contributed by atoms with E-state index < -0.39 is 20.9 Å². The van der Waals surface area contributed by atoms with Crippen LogP contribution >= 0.6 is 0 Å². The minimum Gasteiger partial charge on any atom is -0.497 e. The van der Waals surface area contributed by atoms with Crippen LogP contribution < -0.4 is 19.5 Å². The van der Waals surface area contributed by atoms with Gasteiger partial charge in [0.25, 0.3) is 15.7 Å². The lowest BCUT2D eigenvalue weighted by molar-refractivity contribution is -0.385. The molecule has 0 aliphatic carbocycles. The Balaban J connectivity index is 1.72. The minimum atomic E-state index is -3.95. The summed E-state index contributed by atoms with van der Waals surface area (Å²) in [7, 11) is -1.07. The molecule has 0 saturated carbocycles. The number of nitro benzene ring substituents is 1. The highest BCUT2D eigenvalue weighted by Crippen LogP contribution is 2.31. The average Bonchev–Trinajstić information content (AvgIpc) is 2.79. The fraction of sp³-hybridized carbons (Fsp3) is 0.136. The van der Waals surface area contributed by atoms with Crippen LogP contribution in [0.3, 0.4) is 0 Å². The summed E-state index contributed by atoms with van der Waals surface area (Å²) in [6.07, 6.45) is -0.200. The Morgan fingerprint density at radius 3 is 2.33 bits per heavy atom. The molecule has 0 bridgehead atoms. The van der Waals surface area contributed by atoms with Crippen molar-refractivity contribution in [2.24, 2.45) is 0 Å². The summed E-state index contributed by atoms with van der Waals surface area (Å²) in [5.41, 5.74) is 0.680. The third-order valence-corrected chi connectivity index (χ3v) is 6.02. The molecule has 0 heterocycles. The molecule has 0 radical (unpaired) electrons. The maximum absolute atomic E-state index is 12.8. The van der Waals surface area contributed by atoms with Gasteiger partial charge in [0, 0.05) is 23.4 Å². The van der Waals surface area contributed by atoms with Crippen molar-refractivity contribution in [3.63, 3.8) is 0 Å². The van der Waals surface area contributed by atoms with Crippen LogP contribution in [0.5, 0.6) is 11.5 Å². The van der Waals surface area contributed by atoms with E-state index in [0.717, 1.165) is 0 Å². The normalized spacial score (nSPS) is 10.8. The van der Waals surface area contributed by atoms with Gasteiger partial charge in [-0.2, -0.15) is 0 Å². The number of rotatable bonds is 9. The van der Waals surface area contributed by atoms with Gasteiger partial charge in [-0.15, -0.1) is 0 Å². The molecule has 3 rings (SSSR count). The van der Waals surface area contributed by atoms with E-state index in [9.17, 15) is 23.3 Å². The lowest BCUT2D eigenvalue weighted by Crippen LogP contribution is -2.16. The maximum Gasteiger partial charge on any atom is 0.273 e. The maximum atomic E-state index is 12.8. The number of nitro groups is 1. The summed E-state index contributed by atoms with van der Waals surface area (Å²) in [5, 5.41) is 13.7. The first-order valence-corrected chi connectivity index (χ1v) is 11.1. The number of hydrogen-bond acceptors (Lipinski definition) is 7. The van der Waals surface area contributed by atoms with Crippen molar-refractivity contribution in [1.82, 2.24) is 0 Å². The van der Waals surface area contributed by atoms with Gasteiger partial charge < -0.3 is 14.8 Å². The van der Waals surface area contributed by atoms with Crippen molar-refractivity contribution < 1.29 is 27.6 Å². The first-order valence-electron chi connectivity index (χ1n) is 9.60. The van der Waals surface area contributed by atoms with Gasteiger partial charge >= 0.3 is 0 Å². The molecule has 0 spiro atoms. The summed E-state index contributed by atoms with van der Waals surface area (Å²) in [6, 6.07) is 16.2. The summed E-state index contributed by atoms with van der Waals surface area (Å²) >= 11 is 0. The van der Waals surface area contributed by atoms with Gasteiger partial charge in [-0.05, 0) is 36.4 Å². The van der Waals surface area contributed by atoms with E-state index in [0.29, 0.717) is 17.2 Å². The molecule has 0 aromatic heterocycles. The number of benzene rings is 3. The number of amides is 1. The van der Waals surface area contributed by atoms with Crippen molar-refractivity contribution in [2.45, 2.75) is 11.3 Å². The number of ether oxygens (including phenoxy) is 2. The molecule has 0 atom stereocenters. The molecule has 0 saturated heterocycles. The molecule has 172 valence electrons. The Kier molecular flexibility index (Phi) is 7.13. The van der Waals surface area contributed by atoms with E-state index in [-0.39, 0.29) is 28.3 Å². The Morgan fingerprint density at radius 1 is 1.00 bits per heavy atom. The van der Waals surface area contributed by atoms with E-state index in [4.69, 9.17) is 9.47 Å². The van der Waals surface area contributed by atoms with Crippen molar-refractivity contribution in [3.05, 3.63) is 82.4 Å². The first-order chi connectivity index (χ1) is 15.7. The zero-order valence-corrected chi connectivity index (χ0v) is 18.6. The van der Waals surface area contributed by atoms with Gasteiger partial charge in [-0.1, -0.05) is 18.2 Å². The van der Waals surface area contributed by atoms with Crippen molar-refractivity contribution in [2.75, 3.05) is 24.3 Å². The Hall–Kier alpha value is -4.12. The predicted octanol–water partition coefficient (Wildman–Crippen LogP) is 3.59. The van der Waals surface area contributed by atoms with Crippen LogP contribution in [0, 0.1) is 10.1 Å². The van der Waals surface area contributed by atoms with Crippen molar-refractivity contribution >= 4 is 33.0 Å². The van der Waals surface area contributed by atoms with E-state index in [1.165, 1.54) is 62.8 Å². The Bertz CT molecular complexity index is 1280. The van der Waals surface area contributed by atoms with E-state index in [1.54, 1.807) is 18.2 Å². The molecule has 3 aromatic carbocycles. The number of carbonyl (C=O) groups is 1. The molecular weight excluding hydrogens is 450 g/mol. The third-order valence-electron chi connectivity index (χ3n) is 4.64. The molecule has 0 aliphatic rings. The van der Waals surface area contributed by atoms with Crippen LogP contribution in [-0.2, 0) is 21.2 Å². The molecule has 10 nitrogen and oxygen atoms in total. The summed E-state index contributed by atoms with van der Waals surface area (Å²) in [5.74, 6) is 0.294. The lowest BCUT2D eigenvalue weighted by atomic mass is 10.1. The smallest absolute Gasteiger partial charge is 0.273 e. The topological polar surface area (TPSA) is 137 Å². The van der Waals surface area contributed by atoms with Crippen LogP contribution in [-0.4, -0.2) is 33.5 Å². The predicted molar refractivity (Wildman–Crippen MR) is 122 cm³/mol. The number of para-hydroxylation sites is 1. The number of anilines is 2. The van der Waals surface area contributed by atoms with Crippen LogP contribution in [0.2, 0.25) is 0 Å². The Morgan fingerprint density at radius 2 is 1.70 bits per heavy atom. The van der Waals surface area contributed by atoms with Gasteiger partial charge in [0.05, 0.1) is 36.1 Å². The minimum absolute atomic E-state index is 0.0379. The second kappa shape index (κ2) is 10.0. The molecule has 11 heteroatoms. The van der Waals surface area contributed by atoms with Crippen molar-refractivity contribution in [3.8, 4) is 11.5 Å². The third kappa shape index (κ3) is 5.77. The monoisotopic (exact) mass is 471 g/mol. The highest BCUT2D eigenvalue weighted by molar-refractivity contribution is 7.92. The highest BCUT2D eigenvalue weighted by atomic mass is 32.2. The molecule has 0 aliphatic heterocycles. The second-order valence-electron chi connectivity index (χ2n) is 6.81. The number of methoxy groups -OCH3 is 2. The number of carbonyl (C=O) groups excluding carboxylic acids is 1. The molecule has 1 amide bonds. The van der Waals surface area contributed by atoms with Gasteiger partial charge in [0.2, 0.25) is 5.91 Å². The zero-order valence-electron chi connectivity index (χ0n) is 17.8. The first kappa shape index (κ1) is 23.5. The number of nitrogens with one attached hydrogen (secondary N) is 2. The molecule has 0 unspecified atom stereocenters. The summed E-state index contributed by atoms with van der Waals surface area (Å²) in [6.45, 7) is 0. The summed E-state index contributed by atoms with van der Waals surface area (Å²) in [4.78, 5) is 22.8. The van der Waals surface area contributed by atoms with E-state index in [2.05, 4.69) is 10.0 Å². The number of sulfonamides is 1. The van der Waals surface area contributed by atoms with Gasteiger partial charge in [0.15, 0.2) is 0 Å². The van der Waals surface area contributed by atoms with Gasteiger partial charge in [-0.25, -0.2) is 8.42 Å². The van der Waals surface area contributed by atoms with Gasteiger partial charge in [0.1, 0.15) is 11.5 Å². The Labute approximate surface area is 190 Å². The van der Waals surface area contributed by atoms with Crippen LogP contribution in [0.25, 0.3) is 0 Å². The quantitative estimate of drug-likeness (QED) is 0.359. The van der Waals surface area contributed by atoms with Crippen LogP contribution in [0.4, 0.5) is 17.1 Å². The van der Waals surface area contributed by atoms with Gasteiger partial charge in [-0.3, -0.25) is 19.6 Å². The molecule has 2 N–H and O–H groups in total. The molecule has 0 fully saturated rings. The highest BCUT2D eigenvalue weighted by Gasteiger charge is 2.18. The standard InChI is InChI=1S/C22H21N3O7S/c1-31-17-9-12-21(32-2)19(14-17)24-33(29,30)18-10-7-16(8-11-18)23-22(26)13-15-5-3-4-6-20(15)25(27)28/h3-12,14,24H,13H2,1-2H3,(H,23,26). The summed E-state index contributed by atoms with van der Waals surface area (Å²) < 4.78 is 38.3. The molecular formula is C22H21N3O7S. The fourth-order valence-electron chi connectivity index (χ4n) is 3.03. The van der Waals surface area contributed by atoms with Crippen LogP contribution in [0.15, 0.2) is 71.6 Å². The lowest BCUT2D eigenvalue weighted by Gasteiger charge is -2.13. The molecule has 33 heavy (non-hydrogen) atoms. The fourth-order valence-corrected chi connectivity index (χ4v) is 4.09. The SMILES string of the molecule is COc1ccc(OC)c(NS(=O)(=O)c2ccc(NC(=O)Cc3ccccc3[N+](=O)[O-])cc2)c1. The van der Waals surface area contributed by atoms with Crippen LogP contribution in [0.1, 0.15) is 5.56 Å². The molecule has 3 aromatic rings. The van der Waals surface area contributed by atoms with E-state index >= 15 is 0 Å². The second-order valence-corrected chi connectivity index (χ2v) is 8.49.